The average Bonchev–Trinajstić information content (AvgIpc) is 2.87. The lowest BCUT2D eigenvalue weighted by Crippen LogP contribution is -2.17. The first-order valence-electron chi connectivity index (χ1n) is 5.74. The third-order valence-electron chi connectivity index (χ3n) is 2.62. The second-order valence-electron chi connectivity index (χ2n) is 4.03. The van der Waals surface area contributed by atoms with E-state index in [9.17, 15) is 17.2 Å². The summed E-state index contributed by atoms with van der Waals surface area (Å²) in [6.07, 6.45) is 0. The van der Waals surface area contributed by atoms with Crippen molar-refractivity contribution in [3.8, 4) is 0 Å². The van der Waals surface area contributed by atoms with E-state index < -0.39 is 21.7 Å². The molecule has 0 amide bonds. The average molecular weight is 337 g/mol. The molecule has 0 aliphatic carbocycles. The lowest BCUT2D eigenvalue weighted by Gasteiger charge is -2.08. The van der Waals surface area contributed by atoms with E-state index in [1.54, 1.807) is 0 Å². The second kappa shape index (κ2) is 6.00. The number of furan rings is 1. The van der Waals surface area contributed by atoms with Gasteiger partial charge < -0.3 is 9.73 Å². The molecule has 0 atom stereocenters. The van der Waals surface area contributed by atoms with Crippen LogP contribution in [-0.4, -0.2) is 15.5 Å². The summed E-state index contributed by atoms with van der Waals surface area (Å²) in [7, 11) is -2.42. The molecule has 2 rings (SSSR count). The van der Waals surface area contributed by atoms with Gasteiger partial charge in [-0.2, -0.15) is 0 Å². The van der Waals surface area contributed by atoms with Gasteiger partial charge >= 0.3 is 0 Å². The Hall–Kier alpha value is -1.64. The van der Waals surface area contributed by atoms with Crippen molar-refractivity contribution in [1.82, 2.24) is 4.72 Å². The largest absolute Gasteiger partial charge is 0.446 e. The molecule has 5 nitrogen and oxygen atoms in total. The quantitative estimate of drug-likeness (QED) is 0.880. The Kier molecular flexibility index (Phi) is 4.50. The van der Waals surface area contributed by atoms with Crippen molar-refractivity contribution in [3.05, 3.63) is 46.7 Å². The number of benzene rings is 1. The zero-order valence-corrected chi connectivity index (χ0v) is 12.4. The van der Waals surface area contributed by atoms with Crippen molar-refractivity contribution < 1.29 is 21.6 Å². The van der Waals surface area contributed by atoms with E-state index in [1.807, 2.05) is 0 Å². The van der Waals surface area contributed by atoms with Crippen LogP contribution < -0.4 is 10.0 Å². The molecule has 0 aliphatic heterocycles. The highest BCUT2D eigenvalue weighted by atomic mass is 35.5. The smallest absolute Gasteiger partial charge is 0.273 e. The molecule has 0 spiro atoms. The van der Waals surface area contributed by atoms with E-state index >= 15 is 0 Å². The van der Waals surface area contributed by atoms with E-state index in [-0.39, 0.29) is 28.1 Å². The number of nitrogens with one attached hydrogen (secondary N) is 2. The van der Waals surface area contributed by atoms with Crippen LogP contribution in [0.2, 0.25) is 5.02 Å². The second-order valence-corrected chi connectivity index (χ2v) is 6.25. The zero-order valence-electron chi connectivity index (χ0n) is 10.8. The van der Waals surface area contributed by atoms with Crippen molar-refractivity contribution >= 4 is 27.3 Å². The summed E-state index contributed by atoms with van der Waals surface area (Å²) in [5, 5.41) is 2.24. The van der Waals surface area contributed by atoms with Crippen LogP contribution in [0.3, 0.4) is 0 Å². The molecular weight excluding hydrogens is 326 g/mol. The Morgan fingerprint density at radius 1 is 1.29 bits per heavy atom. The lowest BCUT2D eigenvalue weighted by molar-refractivity contribution is 0.417. The molecule has 0 saturated carbocycles. The minimum atomic E-state index is -3.68. The lowest BCUT2D eigenvalue weighted by atomic mass is 10.3. The van der Waals surface area contributed by atoms with E-state index in [0.29, 0.717) is 6.07 Å². The third-order valence-corrected chi connectivity index (χ3v) is 4.20. The Balaban J connectivity index is 2.15. The Morgan fingerprint density at radius 2 is 2.00 bits per heavy atom. The molecule has 0 bridgehead atoms. The summed E-state index contributed by atoms with van der Waals surface area (Å²) in [6.45, 7) is -0.0124. The first-order chi connectivity index (χ1) is 9.83. The van der Waals surface area contributed by atoms with Gasteiger partial charge in [0.05, 0.1) is 17.3 Å². The fourth-order valence-corrected chi connectivity index (χ4v) is 2.51. The minimum absolute atomic E-state index is 0.0124. The van der Waals surface area contributed by atoms with Crippen LogP contribution in [0.25, 0.3) is 0 Å². The number of hydrogen-bond donors (Lipinski definition) is 2. The normalized spacial score (nSPS) is 11.6. The Morgan fingerprint density at radius 3 is 2.62 bits per heavy atom. The van der Waals surface area contributed by atoms with Gasteiger partial charge in [0.2, 0.25) is 5.09 Å². The maximum absolute atomic E-state index is 13.5. The van der Waals surface area contributed by atoms with Gasteiger partial charge in [-0.3, -0.25) is 0 Å². The summed E-state index contributed by atoms with van der Waals surface area (Å²) in [5.74, 6) is -1.39. The number of sulfonamides is 1. The molecule has 1 aromatic carbocycles. The zero-order chi connectivity index (χ0) is 15.6. The SMILES string of the molecule is CNS(=O)(=O)c1ccc(CNc2c(F)cc(F)cc2Cl)o1. The molecule has 0 unspecified atom stereocenters. The topological polar surface area (TPSA) is 71.3 Å². The molecule has 2 N–H and O–H groups in total. The minimum Gasteiger partial charge on any atom is -0.446 e. The molecule has 0 fully saturated rings. The van der Waals surface area contributed by atoms with Gasteiger partial charge in [0.25, 0.3) is 10.0 Å². The van der Waals surface area contributed by atoms with Gasteiger partial charge in [0, 0.05) is 6.07 Å². The third kappa shape index (κ3) is 3.52. The van der Waals surface area contributed by atoms with Crippen molar-refractivity contribution in [2.45, 2.75) is 11.6 Å². The van der Waals surface area contributed by atoms with Crippen molar-refractivity contribution in [2.24, 2.45) is 0 Å². The summed E-state index contributed by atoms with van der Waals surface area (Å²) < 4.78 is 56.6. The first kappa shape index (κ1) is 15.7. The maximum Gasteiger partial charge on any atom is 0.273 e. The standard InChI is InChI=1S/C12H11ClF2N2O3S/c1-16-21(18,19)11-3-2-8(20-11)6-17-12-9(13)4-7(14)5-10(12)15/h2-5,16-17H,6H2,1H3. The molecule has 0 radical (unpaired) electrons. The van der Waals surface area contributed by atoms with Crippen molar-refractivity contribution in [3.63, 3.8) is 0 Å². The van der Waals surface area contributed by atoms with Gasteiger partial charge in [-0.15, -0.1) is 0 Å². The molecule has 0 aliphatic rings. The van der Waals surface area contributed by atoms with E-state index in [4.69, 9.17) is 16.0 Å². The van der Waals surface area contributed by atoms with E-state index in [2.05, 4.69) is 10.0 Å². The predicted octanol–water partition coefficient (Wildman–Crippen LogP) is 2.73. The van der Waals surface area contributed by atoms with Crippen LogP contribution in [0, 0.1) is 11.6 Å². The summed E-state index contributed by atoms with van der Waals surface area (Å²) in [6, 6.07) is 4.34. The highest BCUT2D eigenvalue weighted by Gasteiger charge is 2.17. The number of hydrogen-bond acceptors (Lipinski definition) is 4. The van der Waals surface area contributed by atoms with Crippen LogP contribution >= 0.6 is 11.6 Å². The highest BCUT2D eigenvalue weighted by molar-refractivity contribution is 7.89. The van der Waals surface area contributed by atoms with Crippen molar-refractivity contribution in [2.75, 3.05) is 12.4 Å². The fourth-order valence-electron chi connectivity index (χ4n) is 1.58. The Labute approximate surface area is 125 Å². The van der Waals surface area contributed by atoms with E-state index in [0.717, 1.165) is 6.07 Å². The van der Waals surface area contributed by atoms with Crippen LogP contribution in [0.5, 0.6) is 0 Å². The fraction of sp³-hybridized carbons (Fsp3) is 0.167. The molecule has 2 aromatic rings. The van der Waals surface area contributed by atoms with Gasteiger partial charge in [-0.05, 0) is 25.2 Å². The molecule has 1 heterocycles. The van der Waals surface area contributed by atoms with Gasteiger partial charge in [-0.25, -0.2) is 21.9 Å². The monoisotopic (exact) mass is 336 g/mol. The van der Waals surface area contributed by atoms with Gasteiger partial charge in [0.15, 0.2) is 5.82 Å². The molecule has 1 aromatic heterocycles. The number of anilines is 1. The van der Waals surface area contributed by atoms with Crippen molar-refractivity contribution in [1.29, 1.82) is 0 Å². The van der Waals surface area contributed by atoms with Gasteiger partial charge in [0.1, 0.15) is 11.6 Å². The van der Waals surface area contributed by atoms with E-state index in [1.165, 1.54) is 19.2 Å². The van der Waals surface area contributed by atoms with Gasteiger partial charge in [-0.1, -0.05) is 11.6 Å². The summed E-state index contributed by atoms with van der Waals surface area (Å²) in [5.41, 5.74) is -0.0903. The molecule has 9 heteroatoms. The number of halogens is 3. The molecule has 21 heavy (non-hydrogen) atoms. The van der Waals surface area contributed by atoms with Crippen LogP contribution in [0.4, 0.5) is 14.5 Å². The van der Waals surface area contributed by atoms with Crippen LogP contribution in [0.15, 0.2) is 33.8 Å². The molecule has 114 valence electrons. The summed E-state index contributed by atoms with van der Waals surface area (Å²) in [4.78, 5) is 0. The van der Waals surface area contributed by atoms with Crippen LogP contribution in [0.1, 0.15) is 5.76 Å². The molecule has 0 saturated heterocycles. The predicted molar refractivity (Wildman–Crippen MR) is 73.6 cm³/mol. The molecular formula is C12H11ClF2N2O3S. The maximum atomic E-state index is 13.5. The number of rotatable bonds is 5. The first-order valence-corrected chi connectivity index (χ1v) is 7.60. The highest BCUT2D eigenvalue weighted by Crippen LogP contribution is 2.27. The Bertz CT molecular complexity index is 739. The summed E-state index contributed by atoms with van der Waals surface area (Å²) >= 11 is 5.72. The van der Waals surface area contributed by atoms with Crippen LogP contribution in [-0.2, 0) is 16.6 Å².